The third-order valence-corrected chi connectivity index (χ3v) is 9.43. The molecule has 2 heterocycles. The topological polar surface area (TPSA) is 109 Å². The van der Waals surface area contributed by atoms with Gasteiger partial charge in [0.05, 0.1) is 41.5 Å². The van der Waals surface area contributed by atoms with E-state index in [2.05, 4.69) is 4.98 Å². The Morgan fingerprint density at radius 2 is 2.03 bits per heavy atom. The summed E-state index contributed by atoms with van der Waals surface area (Å²) < 4.78 is 81.2. The zero-order valence-electron chi connectivity index (χ0n) is 21.3. The molecule has 2 fully saturated rings. The van der Waals surface area contributed by atoms with Crippen molar-refractivity contribution in [3.05, 3.63) is 53.9 Å². The Bertz CT molecular complexity index is 1230. The number of methoxy groups -OCH3 is 1. The van der Waals surface area contributed by atoms with Crippen molar-refractivity contribution in [2.45, 2.75) is 86.5 Å². The summed E-state index contributed by atoms with van der Waals surface area (Å²) in [6.07, 6.45) is -1.13. The molecular formula is C26H33F3N2O6S. The van der Waals surface area contributed by atoms with E-state index >= 15 is 0 Å². The van der Waals surface area contributed by atoms with Gasteiger partial charge in [-0.2, -0.15) is 17.5 Å². The smallest absolute Gasteiger partial charge is 0.416 e. The van der Waals surface area contributed by atoms with Crippen LogP contribution in [-0.4, -0.2) is 65.6 Å². The molecule has 38 heavy (non-hydrogen) atoms. The lowest BCUT2D eigenvalue weighted by molar-refractivity contribution is -0.168. The lowest BCUT2D eigenvalue weighted by Gasteiger charge is -2.50. The maximum absolute atomic E-state index is 14.0. The summed E-state index contributed by atoms with van der Waals surface area (Å²) in [6.45, 7) is 1.72. The number of pyridine rings is 1. The normalized spacial score (nSPS) is 27.1. The van der Waals surface area contributed by atoms with E-state index in [4.69, 9.17) is 9.47 Å². The zero-order chi connectivity index (χ0) is 27.7. The molecule has 8 nitrogen and oxygen atoms in total. The van der Waals surface area contributed by atoms with Crippen LogP contribution in [0.4, 0.5) is 13.2 Å². The van der Waals surface area contributed by atoms with Gasteiger partial charge in [0.15, 0.2) is 6.29 Å². The van der Waals surface area contributed by atoms with Crippen molar-refractivity contribution < 1.29 is 41.3 Å². The van der Waals surface area contributed by atoms with Crippen molar-refractivity contribution in [3.8, 4) is 5.75 Å². The van der Waals surface area contributed by atoms with Crippen molar-refractivity contribution in [1.82, 2.24) is 9.29 Å². The molecule has 1 saturated carbocycles. The summed E-state index contributed by atoms with van der Waals surface area (Å²) in [7, 11) is -2.84. The predicted octanol–water partition coefficient (Wildman–Crippen LogP) is 4.07. The van der Waals surface area contributed by atoms with Gasteiger partial charge in [0.2, 0.25) is 10.0 Å². The van der Waals surface area contributed by atoms with Crippen LogP contribution < -0.4 is 4.74 Å². The first-order chi connectivity index (χ1) is 17.8. The van der Waals surface area contributed by atoms with Crippen LogP contribution in [-0.2, 0) is 20.9 Å². The highest BCUT2D eigenvalue weighted by Crippen LogP contribution is 2.45. The molecule has 0 spiro atoms. The number of ether oxygens (including phenoxy) is 2. The van der Waals surface area contributed by atoms with Gasteiger partial charge in [-0.25, -0.2) is 8.42 Å². The summed E-state index contributed by atoms with van der Waals surface area (Å²) in [5.74, 6) is 0.494. The molecule has 1 aromatic heterocycles. The van der Waals surface area contributed by atoms with Crippen LogP contribution >= 0.6 is 0 Å². The number of aromatic nitrogens is 1. The van der Waals surface area contributed by atoms with Crippen molar-refractivity contribution >= 4 is 10.0 Å². The molecule has 0 bridgehead atoms. The number of benzene rings is 1. The van der Waals surface area contributed by atoms with Gasteiger partial charge < -0.3 is 19.7 Å². The molecule has 1 aliphatic carbocycles. The van der Waals surface area contributed by atoms with E-state index in [0.29, 0.717) is 24.7 Å². The number of morpholine rings is 1. The molecule has 3 unspecified atom stereocenters. The quantitative estimate of drug-likeness (QED) is 0.493. The van der Waals surface area contributed by atoms with Gasteiger partial charge in [0.1, 0.15) is 5.75 Å². The van der Waals surface area contributed by atoms with Crippen molar-refractivity contribution in [1.29, 1.82) is 0 Å². The monoisotopic (exact) mass is 558 g/mol. The fourth-order valence-corrected chi connectivity index (χ4v) is 7.40. The van der Waals surface area contributed by atoms with Gasteiger partial charge in [0, 0.05) is 19.2 Å². The number of hydrogen-bond acceptors (Lipinski definition) is 7. The molecule has 2 aliphatic rings. The molecule has 1 aromatic carbocycles. The Morgan fingerprint density at radius 1 is 1.26 bits per heavy atom. The maximum atomic E-state index is 14.0. The molecule has 12 heteroatoms. The lowest BCUT2D eigenvalue weighted by atomic mass is 9.85. The third kappa shape index (κ3) is 6.15. The van der Waals surface area contributed by atoms with Crippen LogP contribution in [0.2, 0.25) is 0 Å². The average molecular weight is 559 g/mol. The van der Waals surface area contributed by atoms with E-state index in [-0.39, 0.29) is 25.3 Å². The van der Waals surface area contributed by atoms with Crippen LogP contribution in [0.25, 0.3) is 0 Å². The average Bonchev–Trinajstić information content (AvgIpc) is 3.05. The standard InChI is InChI=1S/C26H33F3N2O6S/c1-25-10-4-5-17(18-11-21(36-2)15-30-14-18)12-23(25)31(16-20(37-25)8-9-24(32)33)38(34,35)22-7-3-6-19(13-22)26(27,28)29/h3,6-7,11,13-15,17,20,23-24,32-33H,4-5,8-10,12,16H2,1-2H3/t17?,20-,23?,25?/m0/s1. The van der Waals surface area contributed by atoms with E-state index in [9.17, 15) is 31.8 Å². The van der Waals surface area contributed by atoms with Gasteiger partial charge in [-0.1, -0.05) is 6.07 Å². The minimum absolute atomic E-state index is 0.0268. The van der Waals surface area contributed by atoms with Crippen molar-refractivity contribution in [2.24, 2.45) is 0 Å². The number of halogens is 3. The second kappa shape index (κ2) is 11.1. The molecule has 2 N–H and O–H groups in total. The summed E-state index contributed by atoms with van der Waals surface area (Å²) in [5, 5.41) is 18.8. The first-order valence-corrected chi connectivity index (χ1v) is 14.0. The van der Waals surface area contributed by atoms with E-state index in [1.807, 2.05) is 13.0 Å². The van der Waals surface area contributed by atoms with Crippen molar-refractivity contribution in [3.63, 3.8) is 0 Å². The minimum Gasteiger partial charge on any atom is -0.495 e. The van der Waals surface area contributed by atoms with Crippen LogP contribution in [0, 0.1) is 0 Å². The summed E-state index contributed by atoms with van der Waals surface area (Å²) >= 11 is 0. The molecule has 1 aliphatic heterocycles. The summed E-state index contributed by atoms with van der Waals surface area (Å²) in [4.78, 5) is 3.80. The molecule has 4 rings (SSSR count). The Balaban J connectivity index is 1.75. The highest BCUT2D eigenvalue weighted by Gasteiger charge is 2.51. The van der Waals surface area contributed by atoms with E-state index < -0.39 is 50.7 Å². The summed E-state index contributed by atoms with van der Waals surface area (Å²) in [5.41, 5.74) is -1.09. The number of rotatable bonds is 7. The van der Waals surface area contributed by atoms with E-state index in [1.165, 1.54) is 17.5 Å². The van der Waals surface area contributed by atoms with Gasteiger partial charge in [-0.05, 0) is 74.8 Å². The highest BCUT2D eigenvalue weighted by atomic mass is 32.2. The second-order valence-corrected chi connectivity index (χ2v) is 12.1. The first kappa shape index (κ1) is 28.8. The Morgan fingerprint density at radius 3 is 2.71 bits per heavy atom. The molecule has 2 aromatic rings. The molecule has 1 saturated heterocycles. The Labute approximate surface area is 220 Å². The highest BCUT2D eigenvalue weighted by molar-refractivity contribution is 7.89. The number of hydrogen-bond donors (Lipinski definition) is 2. The number of aliphatic hydroxyl groups excluding tert-OH is 1. The lowest BCUT2D eigenvalue weighted by Crippen LogP contribution is -2.62. The molecule has 0 radical (unpaired) electrons. The van der Waals surface area contributed by atoms with Crippen LogP contribution in [0.3, 0.4) is 0 Å². The predicted molar refractivity (Wildman–Crippen MR) is 132 cm³/mol. The number of alkyl halides is 3. The molecule has 4 atom stereocenters. The van der Waals surface area contributed by atoms with E-state index in [0.717, 1.165) is 30.5 Å². The van der Waals surface area contributed by atoms with Gasteiger partial charge in [-0.3, -0.25) is 4.98 Å². The maximum Gasteiger partial charge on any atom is 0.416 e. The number of nitrogens with zero attached hydrogens (tertiary/aromatic N) is 2. The number of aliphatic hydroxyl groups is 2. The number of sulfonamides is 1. The van der Waals surface area contributed by atoms with Crippen molar-refractivity contribution in [2.75, 3.05) is 13.7 Å². The zero-order valence-corrected chi connectivity index (χ0v) is 22.1. The van der Waals surface area contributed by atoms with Gasteiger partial charge in [-0.15, -0.1) is 0 Å². The number of fused-ring (bicyclic) bond motifs is 1. The van der Waals surface area contributed by atoms with Crippen LogP contribution in [0.5, 0.6) is 5.75 Å². The largest absolute Gasteiger partial charge is 0.495 e. The molecule has 0 amide bonds. The third-order valence-electron chi connectivity index (χ3n) is 7.56. The molecule has 210 valence electrons. The second-order valence-electron chi connectivity index (χ2n) is 10.2. The fraction of sp³-hybridized carbons (Fsp3) is 0.577. The van der Waals surface area contributed by atoms with E-state index in [1.54, 1.807) is 12.4 Å². The van der Waals surface area contributed by atoms with Crippen LogP contribution in [0.1, 0.15) is 62.5 Å². The molecular weight excluding hydrogens is 525 g/mol. The Kier molecular flexibility index (Phi) is 8.39. The van der Waals surface area contributed by atoms with Gasteiger partial charge >= 0.3 is 6.18 Å². The van der Waals surface area contributed by atoms with Gasteiger partial charge in [0.25, 0.3) is 0 Å². The van der Waals surface area contributed by atoms with Crippen LogP contribution in [0.15, 0.2) is 47.6 Å². The minimum atomic E-state index is -4.70. The Hall–Kier alpha value is -2.25. The summed E-state index contributed by atoms with van der Waals surface area (Å²) in [6, 6.07) is 4.95. The SMILES string of the molecule is COc1cncc(C2CCCC3(C)O[C@@H](CCC(O)O)CN(S(=O)(=O)c4cccc(C(F)(F)F)c4)C3C2)c1. The first-order valence-electron chi connectivity index (χ1n) is 12.6. The fourth-order valence-electron chi connectivity index (χ4n) is 5.60.